The minimum Gasteiger partial charge on any atom is -0.469 e. The molecule has 5 nitrogen and oxygen atoms in total. The number of rotatable bonds is 6. The summed E-state index contributed by atoms with van der Waals surface area (Å²) in [5.41, 5.74) is 0. The van der Waals surface area contributed by atoms with E-state index in [-0.39, 0.29) is 23.5 Å². The van der Waals surface area contributed by atoms with Crippen molar-refractivity contribution < 1.29 is 17.9 Å². The summed E-state index contributed by atoms with van der Waals surface area (Å²) in [5, 5.41) is 2.89. The van der Waals surface area contributed by atoms with Crippen LogP contribution in [0.3, 0.4) is 0 Å². The molecule has 3 atom stereocenters. The molecule has 0 bridgehead atoms. The lowest BCUT2D eigenvalue weighted by Crippen LogP contribution is -2.48. The zero-order valence-electron chi connectivity index (χ0n) is 12.0. The molecule has 0 heterocycles. The van der Waals surface area contributed by atoms with E-state index in [2.05, 4.69) is 17.0 Å². The first kappa shape index (κ1) is 16.4. The molecule has 0 aliphatic heterocycles. The van der Waals surface area contributed by atoms with Crippen LogP contribution >= 0.6 is 0 Å². The van der Waals surface area contributed by atoms with Crippen molar-refractivity contribution in [1.29, 1.82) is 0 Å². The third-order valence-electron chi connectivity index (χ3n) is 3.80. The molecule has 1 aliphatic carbocycles. The zero-order valence-corrected chi connectivity index (χ0v) is 12.8. The van der Waals surface area contributed by atoms with Gasteiger partial charge in [0.2, 0.25) is 0 Å². The van der Waals surface area contributed by atoms with Crippen LogP contribution in [0.25, 0.3) is 0 Å². The molecule has 0 amide bonds. The number of sulfone groups is 1. The summed E-state index contributed by atoms with van der Waals surface area (Å²) in [6.07, 6.45) is 2.57. The van der Waals surface area contributed by atoms with Crippen LogP contribution in [0.2, 0.25) is 0 Å². The molecule has 112 valence electrons. The number of carbonyl (C=O) groups excluding carboxylic acids is 1. The van der Waals surface area contributed by atoms with Gasteiger partial charge in [-0.15, -0.1) is 0 Å². The number of hydrogen-bond donors (Lipinski definition) is 1. The quantitative estimate of drug-likeness (QED) is 0.743. The molecule has 1 aliphatic rings. The third kappa shape index (κ3) is 4.76. The van der Waals surface area contributed by atoms with E-state index in [0.717, 1.165) is 19.4 Å². The van der Waals surface area contributed by atoms with Crippen molar-refractivity contribution >= 4 is 15.8 Å². The first-order valence-electron chi connectivity index (χ1n) is 6.92. The number of carbonyl (C=O) groups is 1. The molecule has 1 rings (SSSR count). The van der Waals surface area contributed by atoms with Crippen molar-refractivity contribution in [2.45, 2.75) is 50.8 Å². The monoisotopic (exact) mass is 291 g/mol. The zero-order chi connectivity index (χ0) is 14.5. The Hall–Kier alpha value is -0.620. The molecular formula is C13H25NO4S. The molecule has 3 unspecified atom stereocenters. The van der Waals surface area contributed by atoms with Gasteiger partial charge in [0.25, 0.3) is 0 Å². The predicted octanol–water partition coefficient (Wildman–Crippen LogP) is 1.13. The minimum absolute atomic E-state index is 0.0175. The number of ether oxygens (including phenoxy) is 1. The van der Waals surface area contributed by atoms with Crippen molar-refractivity contribution in [3.63, 3.8) is 0 Å². The van der Waals surface area contributed by atoms with Crippen LogP contribution in [0.15, 0.2) is 0 Å². The van der Waals surface area contributed by atoms with E-state index in [1.807, 2.05) is 6.92 Å². The van der Waals surface area contributed by atoms with E-state index in [1.165, 1.54) is 7.11 Å². The number of methoxy groups -OCH3 is 1. The molecule has 0 radical (unpaired) electrons. The molecule has 1 saturated carbocycles. The van der Waals surface area contributed by atoms with Gasteiger partial charge < -0.3 is 10.1 Å². The largest absolute Gasteiger partial charge is 0.469 e. The molecule has 0 aromatic rings. The molecule has 0 spiro atoms. The highest BCUT2D eigenvalue weighted by atomic mass is 32.2. The van der Waals surface area contributed by atoms with Crippen molar-refractivity contribution in [2.75, 3.05) is 19.4 Å². The summed E-state index contributed by atoms with van der Waals surface area (Å²) in [4.78, 5) is 11.1. The third-order valence-corrected chi connectivity index (χ3v) is 6.02. The maximum absolute atomic E-state index is 12.4. The second kappa shape index (κ2) is 7.24. The van der Waals surface area contributed by atoms with Crippen LogP contribution < -0.4 is 5.32 Å². The Morgan fingerprint density at radius 2 is 2.05 bits per heavy atom. The summed E-state index contributed by atoms with van der Waals surface area (Å²) >= 11 is 0. The van der Waals surface area contributed by atoms with Crippen LogP contribution in [0.1, 0.15) is 39.5 Å². The first-order chi connectivity index (χ1) is 8.90. The number of nitrogens with one attached hydrogen (secondary N) is 1. The predicted molar refractivity (Wildman–Crippen MR) is 74.7 cm³/mol. The van der Waals surface area contributed by atoms with Gasteiger partial charge in [0.05, 0.1) is 24.5 Å². The van der Waals surface area contributed by atoms with Crippen LogP contribution in [0.4, 0.5) is 0 Å². The van der Waals surface area contributed by atoms with Gasteiger partial charge in [-0.05, 0) is 31.7 Å². The van der Waals surface area contributed by atoms with Gasteiger partial charge in [-0.3, -0.25) is 4.79 Å². The molecule has 1 fully saturated rings. The van der Waals surface area contributed by atoms with E-state index < -0.39 is 15.8 Å². The van der Waals surface area contributed by atoms with Gasteiger partial charge in [0.15, 0.2) is 9.84 Å². The highest BCUT2D eigenvalue weighted by molar-refractivity contribution is 7.92. The highest BCUT2D eigenvalue weighted by Crippen LogP contribution is 2.29. The standard InChI is InChI=1S/C13H25NO4S/c1-4-14-11-6-5-10(2)9-12(11)19(16,17)8-7-13(15)18-3/h10-12,14H,4-9H2,1-3H3. The molecule has 0 aromatic heterocycles. The minimum atomic E-state index is -3.26. The summed E-state index contributed by atoms with van der Waals surface area (Å²) in [5.74, 6) is -0.154. The summed E-state index contributed by atoms with van der Waals surface area (Å²) < 4.78 is 29.3. The van der Waals surface area contributed by atoms with Crippen molar-refractivity contribution in [2.24, 2.45) is 5.92 Å². The topological polar surface area (TPSA) is 72.5 Å². The van der Waals surface area contributed by atoms with Crippen LogP contribution in [-0.2, 0) is 19.4 Å². The Bertz CT molecular complexity index is 393. The SMILES string of the molecule is CCNC1CCC(C)CC1S(=O)(=O)CCC(=O)OC. The fraction of sp³-hybridized carbons (Fsp3) is 0.923. The van der Waals surface area contributed by atoms with Gasteiger partial charge >= 0.3 is 5.97 Å². The van der Waals surface area contributed by atoms with Crippen molar-refractivity contribution in [3.8, 4) is 0 Å². The smallest absolute Gasteiger partial charge is 0.306 e. The average molecular weight is 291 g/mol. The molecule has 0 saturated heterocycles. The Morgan fingerprint density at radius 3 is 2.63 bits per heavy atom. The maximum atomic E-state index is 12.4. The number of hydrogen-bond acceptors (Lipinski definition) is 5. The van der Waals surface area contributed by atoms with Gasteiger partial charge in [0, 0.05) is 6.04 Å². The van der Waals surface area contributed by atoms with E-state index in [4.69, 9.17) is 0 Å². The molecule has 6 heteroatoms. The van der Waals surface area contributed by atoms with Crippen molar-refractivity contribution in [3.05, 3.63) is 0 Å². The first-order valence-corrected chi connectivity index (χ1v) is 8.64. The Balaban J connectivity index is 2.73. The van der Waals surface area contributed by atoms with Gasteiger partial charge in [-0.25, -0.2) is 8.42 Å². The number of esters is 1. The summed E-state index contributed by atoms with van der Waals surface area (Å²) in [7, 11) is -1.98. The molecule has 1 N–H and O–H groups in total. The highest BCUT2D eigenvalue weighted by Gasteiger charge is 2.37. The lowest BCUT2D eigenvalue weighted by molar-refractivity contribution is -0.140. The Morgan fingerprint density at radius 1 is 1.37 bits per heavy atom. The second-order valence-electron chi connectivity index (χ2n) is 5.31. The van der Waals surface area contributed by atoms with Gasteiger partial charge in [-0.1, -0.05) is 13.8 Å². The maximum Gasteiger partial charge on any atom is 0.306 e. The summed E-state index contributed by atoms with van der Waals surface area (Å²) in [6, 6.07) is 0.0175. The van der Waals surface area contributed by atoms with Gasteiger partial charge in [0.1, 0.15) is 0 Å². The molecular weight excluding hydrogens is 266 g/mol. The lowest BCUT2D eigenvalue weighted by Gasteiger charge is -2.34. The van der Waals surface area contributed by atoms with Crippen LogP contribution in [0.5, 0.6) is 0 Å². The Labute approximate surface area is 116 Å². The van der Waals surface area contributed by atoms with Crippen LogP contribution in [0, 0.1) is 5.92 Å². The van der Waals surface area contributed by atoms with E-state index in [0.29, 0.717) is 12.3 Å². The van der Waals surface area contributed by atoms with E-state index in [1.54, 1.807) is 0 Å². The normalized spacial score (nSPS) is 28.1. The van der Waals surface area contributed by atoms with Crippen molar-refractivity contribution in [1.82, 2.24) is 5.32 Å². The molecule has 0 aromatic carbocycles. The average Bonchev–Trinajstić information content (AvgIpc) is 2.38. The molecule has 19 heavy (non-hydrogen) atoms. The summed E-state index contributed by atoms with van der Waals surface area (Å²) in [6.45, 7) is 4.84. The second-order valence-corrected chi connectivity index (χ2v) is 7.65. The van der Waals surface area contributed by atoms with Gasteiger partial charge in [-0.2, -0.15) is 0 Å². The lowest BCUT2D eigenvalue weighted by atomic mass is 9.87. The Kier molecular flexibility index (Phi) is 6.26. The van der Waals surface area contributed by atoms with E-state index >= 15 is 0 Å². The van der Waals surface area contributed by atoms with Crippen LogP contribution in [-0.4, -0.2) is 45.1 Å². The van der Waals surface area contributed by atoms with E-state index in [9.17, 15) is 13.2 Å². The fourth-order valence-corrected chi connectivity index (χ4v) is 4.81. The fourth-order valence-electron chi connectivity index (χ4n) is 2.70.